The van der Waals surface area contributed by atoms with Gasteiger partial charge in [0.25, 0.3) is 0 Å². The van der Waals surface area contributed by atoms with E-state index >= 15 is 4.39 Å². The molecule has 0 aliphatic rings. The molecule has 1 heterocycles. The minimum Gasteiger partial charge on any atom is -0.336 e. The highest BCUT2D eigenvalue weighted by atomic mass is 35.5. The first kappa shape index (κ1) is 29.7. The Hall–Kier alpha value is -2.89. The summed E-state index contributed by atoms with van der Waals surface area (Å²) in [5, 5.41) is -0.877. The number of benzene rings is 2. The largest absolute Gasteiger partial charge is 0.417 e. The van der Waals surface area contributed by atoms with Crippen LogP contribution in [0.3, 0.4) is 0 Å². The second-order valence-corrected chi connectivity index (χ2v) is 9.11. The number of alkyl halides is 6. The van der Waals surface area contributed by atoms with Crippen molar-refractivity contribution in [3.63, 3.8) is 0 Å². The van der Waals surface area contributed by atoms with Crippen molar-refractivity contribution in [2.24, 2.45) is 0 Å². The van der Waals surface area contributed by atoms with Crippen molar-refractivity contribution in [1.82, 2.24) is 9.97 Å². The summed E-state index contributed by atoms with van der Waals surface area (Å²) in [5.74, 6) is -5.17. The zero-order valence-electron chi connectivity index (χ0n) is 19.0. The summed E-state index contributed by atoms with van der Waals surface area (Å²) in [4.78, 5) is 21.7. The van der Waals surface area contributed by atoms with E-state index in [0.717, 1.165) is 18.2 Å². The molecular weight excluding hydrogens is 586 g/mol. The minimum atomic E-state index is -5.12. The van der Waals surface area contributed by atoms with Gasteiger partial charge in [-0.05, 0) is 35.9 Å². The number of hydrogen-bond acceptors (Lipinski definition) is 4. The van der Waals surface area contributed by atoms with Crippen molar-refractivity contribution >= 4 is 52.4 Å². The number of nitrogens with zero attached hydrogens (tertiary/aromatic N) is 3. The normalized spacial score (nSPS) is 13.4. The molecule has 3 rings (SSSR count). The van der Waals surface area contributed by atoms with Crippen molar-refractivity contribution in [1.29, 1.82) is 0 Å². The standard InChI is InChI=1S/C24H15Cl3F7N3O/c1-37(22-35-5-2-6-36-22)11-20(38)14-4-3-12(7-16(14)24(32,33)34)19(28)10-15(23(29,30)31)13-8-17(25)21(27)18(26)9-13/h2-10,15H,11H2,1H3/b19-10-/t15-/m0/s1. The molecule has 38 heavy (non-hydrogen) atoms. The molecule has 2 aromatic carbocycles. The Balaban J connectivity index is 2.01. The van der Waals surface area contributed by atoms with Crippen LogP contribution in [0.2, 0.25) is 15.1 Å². The summed E-state index contributed by atoms with van der Waals surface area (Å²) in [6.07, 6.45) is -7.36. The van der Waals surface area contributed by atoms with Crippen molar-refractivity contribution in [3.05, 3.63) is 92.2 Å². The van der Waals surface area contributed by atoms with E-state index in [9.17, 15) is 31.1 Å². The van der Waals surface area contributed by atoms with Gasteiger partial charge in [-0.1, -0.05) is 46.9 Å². The molecule has 3 aromatic rings. The molecule has 1 atom stereocenters. The Morgan fingerprint density at radius 3 is 2.11 bits per heavy atom. The molecule has 0 saturated heterocycles. The third-order valence-corrected chi connectivity index (χ3v) is 6.40. The fourth-order valence-corrected chi connectivity index (χ4v) is 4.02. The maximum Gasteiger partial charge on any atom is 0.417 e. The summed E-state index contributed by atoms with van der Waals surface area (Å²) in [5.41, 5.74) is -3.73. The predicted octanol–water partition coefficient (Wildman–Crippen LogP) is 8.43. The van der Waals surface area contributed by atoms with Gasteiger partial charge in [-0.25, -0.2) is 14.4 Å². The summed E-state index contributed by atoms with van der Waals surface area (Å²) < 4.78 is 97.7. The lowest BCUT2D eigenvalue weighted by Gasteiger charge is -2.20. The smallest absolute Gasteiger partial charge is 0.336 e. The van der Waals surface area contributed by atoms with Crippen LogP contribution in [0.1, 0.15) is 33.0 Å². The number of allylic oxidation sites excluding steroid dienone is 1. The Kier molecular flexibility index (Phi) is 8.95. The number of aromatic nitrogens is 2. The SMILES string of the molecule is CN(CC(=O)c1ccc(/C(F)=C/[C@@H](c2cc(Cl)c(Cl)c(Cl)c2)C(F)(F)F)cc1C(F)(F)F)c1ncccn1. The van der Waals surface area contributed by atoms with Crippen molar-refractivity contribution < 1.29 is 35.5 Å². The van der Waals surface area contributed by atoms with Crippen LogP contribution in [-0.2, 0) is 6.18 Å². The molecule has 0 amide bonds. The number of halogens is 10. The van der Waals surface area contributed by atoms with Gasteiger partial charge < -0.3 is 4.90 Å². The molecule has 202 valence electrons. The average Bonchev–Trinajstić information content (AvgIpc) is 2.84. The van der Waals surface area contributed by atoms with E-state index in [1.54, 1.807) is 0 Å². The zero-order valence-corrected chi connectivity index (χ0v) is 21.3. The molecule has 0 N–H and O–H groups in total. The van der Waals surface area contributed by atoms with Crippen molar-refractivity contribution in [2.75, 3.05) is 18.5 Å². The third-order valence-electron chi connectivity index (χ3n) is 5.21. The minimum absolute atomic E-state index is 0.0700. The van der Waals surface area contributed by atoms with Crippen molar-refractivity contribution in [2.45, 2.75) is 18.3 Å². The molecule has 0 fully saturated rings. The highest BCUT2D eigenvalue weighted by Crippen LogP contribution is 2.42. The first-order valence-electron chi connectivity index (χ1n) is 10.4. The highest BCUT2D eigenvalue weighted by Gasteiger charge is 2.41. The first-order chi connectivity index (χ1) is 17.6. The summed E-state index contributed by atoms with van der Waals surface area (Å²) in [6, 6.07) is 4.91. The monoisotopic (exact) mass is 599 g/mol. The molecule has 0 spiro atoms. The lowest BCUT2D eigenvalue weighted by Crippen LogP contribution is -2.28. The molecule has 4 nitrogen and oxygen atoms in total. The fourth-order valence-electron chi connectivity index (χ4n) is 3.41. The summed E-state index contributed by atoms with van der Waals surface area (Å²) in [6.45, 7) is -0.557. The van der Waals surface area contributed by atoms with E-state index in [-0.39, 0.29) is 33.2 Å². The molecule has 0 aliphatic carbocycles. The number of carbonyl (C=O) groups is 1. The van der Waals surface area contributed by atoms with Gasteiger partial charge >= 0.3 is 12.4 Å². The quantitative estimate of drug-likeness (QED) is 0.155. The number of rotatable bonds is 7. The highest BCUT2D eigenvalue weighted by molar-refractivity contribution is 6.48. The molecule has 1 aromatic heterocycles. The summed E-state index contributed by atoms with van der Waals surface area (Å²) >= 11 is 17.3. The first-order valence-corrected chi connectivity index (χ1v) is 11.5. The van der Waals surface area contributed by atoms with Crippen LogP contribution >= 0.6 is 34.8 Å². The van der Waals surface area contributed by atoms with Gasteiger partial charge in [-0.3, -0.25) is 4.79 Å². The van der Waals surface area contributed by atoms with Gasteiger partial charge in [-0.15, -0.1) is 0 Å². The molecule has 0 radical (unpaired) electrons. The van der Waals surface area contributed by atoms with Crippen LogP contribution in [-0.4, -0.2) is 35.5 Å². The summed E-state index contributed by atoms with van der Waals surface area (Å²) in [7, 11) is 1.38. The molecule has 14 heteroatoms. The number of hydrogen-bond donors (Lipinski definition) is 0. The van der Waals surface area contributed by atoms with E-state index in [2.05, 4.69) is 9.97 Å². The maximum absolute atomic E-state index is 15.0. The van der Waals surface area contributed by atoms with Crippen molar-refractivity contribution in [3.8, 4) is 0 Å². The third kappa shape index (κ3) is 6.95. The second-order valence-electron chi connectivity index (χ2n) is 7.92. The lowest BCUT2D eigenvalue weighted by atomic mass is 9.95. The number of carbonyl (C=O) groups excluding carboxylic acids is 1. The van der Waals surface area contributed by atoms with Crippen LogP contribution < -0.4 is 4.90 Å². The lowest BCUT2D eigenvalue weighted by molar-refractivity contribution is -0.140. The maximum atomic E-state index is 15.0. The number of likely N-dealkylation sites (N-methyl/N-ethyl adjacent to an activating group) is 1. The zero-order chi connectivity index (χ0) is 28.4. The van der Waals surface area contributed by atoms with Gasteiger partial charge in [0.05, 0.1) is 27.2 Å². The van der Waals surface area contributed by atoms with E-state index < -0.39 is 58.7 Å². The Bertz CT molecular complexity index is 1340. The van der Waals surface area contributed by atoms with Gasteiger partial charge in [0.2, 0.25) is 5.95 Å². The van der Waals surface area contributed by atoms with E-state index in [1.807, 2.05) is 0 Å². The molecule has 0 bridgehead atoms. The average molecular weight is 601 g/mol. The Morgan fingerprint density at radius 1 is 1.00 bits per heavy atom. The predicted molar refractivity (Wildman–Crippen MR) is 130 cm³/mol. The topological polar surface area (TPSA) is 46.1 Å². The molecular formula is C24H15Cl3F7N3O. The number of anilines is 1. The van der Waals surface area contributed by atoms with Crippen LogP contribution in [0, 0.1) is 0 Å². The van der Waals surface area contributed by atoms with Crippen LogP contribution in [0.5, 0.6) is 0 Å². The van der Waals surface area contributed by atoms with E-state index in [4.69, 9.17) is 34.8 Å². The Labute approximate surface area is 226 Å². The Morgan fingerprint density at radius 2 is 1.58 bits per heavy atom. The van der Waals surface area contributed by atoms with Gasteiger partial charge in [-0.2, -0.15) is 26.3 Å². The van der Waals surface area contributed by atoms with Gasteiger partial charge in [0.15, 0.2) is 5.78 Å². The van der Waals surface area contributed by atoms with Gasteiger partial charge in [0, 0.05) is 30.6 Å². The molecule has 0 aliphatic heterocycles. The second kappa shape index (κ2) is 11.5. The van der Waals surface area contributed by atoms with Crippen LogP contribution in [0.4, 0.5) is 36.7 Å². The number of ketones is 1. The fraction of sp³-hybridized carbons (Fsp3) is 0.208. The molecule has 0 unspecified atom stereocenters. The van der Waals surface area contributed by atoms with Crippen LogP contribution in [0.15, 0.2) is 54.9 Å². The van der Waals surface area contributed by atoms with E-state index in [0.29, 0.717) is 6.07 Å². The van der Waals surface area contributed by atoms with E-state index in [1.165, 1.54) is 30.4 Å². The molecule has 0 saturated carbocycles. The number of Topliss-reactive ketones (excluding diaryl/α,β-unsaturated/α-hetero) is 1. The van der Waals surface area contributed by atoms with Gasteiger partial charge in [0.1, 0.15) is 11.7 Å². The van der Waals surface area contributed by atoms with Crippen LogP contribution in [0.25, 0.3) is 5.83 Å².